The maximum Gasteiger partial charge on any atom is 0.340 e. The van der Waals surface area contributed by atoms with E-state index in [-0.39, 0.29) is 18.2 Å². The quantitative estimate of drug-likeness (QED) is 0.553. The van der Waals surface area contributed by atoms with Crippen LogP contribution in [-0.4, -0.2) is 70.9 Å². The molecule has 9 heteroatoms. The summed E-state index contributed by atoms with van der Waals surface area (Å²) in [5.74, 6) is -0.993. The van der Waals surface area contributed by atoms with Gasteiger partial charge in [0.25, 0.3) is 5.91 Å². The van der Waals surface area contributed by atoms with Crippen LogP contribution < -0.4 is 10.2 Å². The van der Waals surface area contributed by atoms with Crippen LogP contribution >= 0.6 is 0 Å². The number of aromatic nitrogens is 3. The van der Waals surface area contributed by atoms with E-state index >= 15 is 0 Å². The van der Waals surface area contributed by atoms with Crippen molar-refractivity contribution in [2.45, 2.75) is 26.8 Å². The number of esters is 1. The Morgan fingerprint density at radius 2 is 1.82 bits per heavy atom. The molecule has 1 aromatic carbocycles. The lowest BCUT2D eigenvalue weighted by Gasteiger charge is -2.35. The van der Waals surface area contributed by atoms with Gasteiger partial charge in [0.15, 0.2) is 12.3 Å². The number of hydrogen-bond acceptors (Lipinski definition) is 7. The van der Waals surface area contributed by atoms with Crippen LogP contribution in [0, 0.1) is 0 Å². The highest BCUT2D eigenvalue weighted by atomic mass is 16.5. The van der Waals surface area contributed by atoms with Gasteiger partial charge in [0.05, 0.1) is 11.8 Å². The number of likely N-dealkylation sites (N-methyl/N-ethyl adjacent to an activating group) is 1. The zero-order valence-electron chi connectivity index (χ0n) is 19.3. The van der Waals surface area contributed by atoms with E-state index in [0.717, 1.165) is 43.8 Å². The van der Waals surface area contributed by atoms with E-state index in [4.69, 9.17) is 4.74 Å². The first-order valence-corrected chi connectivity index (χ1v) is 11.3. The summed E-state index contributed by atoms with van der Waals surface area (Å²) in [6, 6.07) is 9.57. The Balaban J connectivity index is 1.28. The summed E-state index contributed by atoms with van der Waals surface area (Å²) >= 11 is 0. The number of fused-ring (bicyclic) bond motifs is 1. The fraction of sp³-hybridized carbons (Fsp3) is 0.417. The molecule has 0 aliphatic carbocycles. The summed E-state index contributed by atoms with van der Waals surface area (Å²) in [4.78, 5) is 33.7. The molecule has 9 nitrogen and oxygen atoms in total. The molecule has 4 rings (SSSR count). The second kappa shape index (κ2) is 9.99. The Labute approximate surface area is 193 Å². The highest BCUT2D eigenvalue weighted by Crippen LogP contribution is 2.20. The number of carbonyl (C=O) groups excluding carboxylic acids is 2. The van der Waals surface area contributed by atoms with Crippen molar-refractivity contribution in [3.63, 3.8) is 0 Å². The van der Waals surface area contributed by atoms with Crippen LogP contribution in [-0.2, 0) is 9.53 Å². The minimum atomic E-state index is -0.599. The monoisotopic (exact) mass is 450 g/mol. The molecule has 0 unspecified atom stereocenters. The van der Waals surface area contributed by atoms with Crippen LogP contribution in [0.1, 0.15) is 37.2 Å². The van der Waals surface area contributed by atoms with Crippen molar-refractivity contribution in [3.8, 4) is 0 Å². The van der Waals surface area contributed by atoms with Gasteiger partial charge in [-0.3, -0.25) is 4.79 Å². The third-order valence-corrected chi connectivity index (χ3v) is 5.83. The van der Waals surface area contributed by atoms with Gasteiger partial charge in [-0.2, -0.15) is 5.10 Å². The van der Waals surface area contributed by atoms with Crippen LogP contribution in [0.2, 0.25) is 0 Å². The third-order valence-electron chi connectivity index (χ3n) is 5.83. The molecular formula is C24H30N6O3. The van der Waals surface area contributed by atoms with Crippen LogP contribution in [0.5, 0.6) is 0 Å². The fourth-order valence-electron chi connectivity index (χ4n) is 3.92. The molecule has 2 aromatic heterocycles. The summed E-state index contributed by atoms with van der Waals surface area (Å²) < 4.78 is 6.96. The molecule has 1 amide bonds. The minimum Gasteiger partial charge on any atom is -0.452 e. The van der Waals surface area contributed by atoms with Gasteiger partial charge in [0.1, 0.15) is 0 Å². The highest BCUT2D eigenvalue weighted by molar-refractivity contribution is 5.96. The van der Waals surface area contributed by atoms with Crippen molar-refractivity contribution in [3.05, 3.63) is 48.3 Å². The summed E-state index contributed by atoms with van der Waals surface area (Å²) in [7, 11) is 0. The van der Waals surface area contributed by atoms with E-state index < -0.39 is 11.9 Å². The van der Waals surface area contributed by atoms with Crippen molar-refractivity contribution in [1.82, 2.24) is 19.7 Å². The van der Waals surface area contributed by atoms with Gasteiger partial charge in [0, 0.05) is 55.2 Å². The van der Waals surface area contributed by atoms with Crippen molar-refractivity contribution >= 4 is 34.3 Å². The Morgan fingerprint density at radius 3 is 2.48 bits per heavy atom. The fourth-order valence-corrected chi connectivity index (χ4v) is 3.92. The average molecular weight is 451 g/mol. The van der Waals surface area contributed by atoms with Gasteiger partial charge in [-0.05, 0) is 50.7 Å². The molecular weight excluding hydrogens is 420 g/mol. The topological polar surface area (TPSA) is 92.6 Å². The molecule has 1 N–H and O–H groups in total. The second-order valence-corrected chi connectivity index (χ2v) is 8.41. The molecule has 33 heavy (non-hydrogen) atoms. The summed E-state index contributed by atoms with van der Waals surface area (Å²) in [6.07, 6.45) is 3.11. The van der Waals surface area contributed by atoms with Gasteiger partial charge in [-0.25, -0.2) is 14.5 Å². The third kappa shape index (κ3) is 5.31. The molecule has 0 spiro atoms. The lowest BCUT2D eigenvalue weighted by molar-refractivity contribution is -0.119. The number of pyridine rings is 1. The van der Waals surface area contributed by atoms with E-state index in [1.54, 1.807) is 16.9 Å². The first-order chi connectivity index (χ1) is 15.9. The number of nitrogens with one attached hydrogen (secondary N) is 1. The van der Waals surface area contributed by atoms with Crippen molar-refractivity contribution in [1.29, 1.82) is 0 Å². The molecule has 0 atom stereocenters. The highest BCUT2D eigenvalue weighted by Gasteiger charge is 2.17. The largest absolute Gasteiger partial charge is 0.452 e. The molecule has 1 fully saturated rings. The molecule has 1 aliphatic heterocycles. The van der Waals surface area contributed by atoms with Gasteiger partial charge in [-0.15, -0.1) is 0 Å². The molecule has 0 radical (unpaired) electrons. The summed E-state index contributed by atoms with van der Waals surface area (Å²) in [5, 5.41) is 7.81. The van der Waals surface area contributed by atoms with Crippen LogP contribution in [0.25, 0.3) is 11.0 Å². The number of benzene rings is 1. The normalized spacial score (nSPS) is 14.6. The van der Waals surface area contributed by atoms with Crippen LogP contribution in [0.3, 0.4) is 0 Å². The Bertz CT molecular complexity index is 1120. The zero-order valence-corrected chi connectivity index (χ0v) is 19.3. The Morgan fingerprint density at radius 1 is 1.09 bits per heavy atom. The van der Waals surface area contributed by atoms with Crippen molar-refractivity contribution in [2.75, 3.05) is 49.5 Å². The SMILES string of the molecule is CCN1CCN(c2ccc(NC(=O)COC(=O)c3cnc4c(cnn4C(C)C)c3)cc2)CC1. The van der Waals surface area contributed by atoms with E-state index in [1.807, 2.05) is 38.1 Å². The first kappa shape index (κ1) is 22.7. The minimum absolute atomic E-state index is 0.164. The number of ether oxygens (including phenoxy) is 1. The molecule has 1 aliphatic rings. The lowest BCUT2D eigenvalue weighted by atomic mass is 10.2. The predicted octanol–water partition coefficient (Wildman–Crippen LogP) is 2.95. The van der Waals surface area contributed by atoms with Gasteiger partial charge >= 0.3 is 5.97 Å². The average Bonchev–Trinajstić information content (AvgIpc) is 3.27. The van der Waals surface area contributed by atoms with Crippen molar-refractivity contribution in [2.24, 2.45) is 0 Å². The Kier molecular flexibility index (Phi) is 6.88. The molecule has 0 bridgehead atoms. The predicted molar refractivity (Wildman–Crippen MR) is 128 cm³/mol. The van der Waals surface area contributed by atoms with Gasteiger partial charge in [-0.1, -0.05) is 6.92 Å². The number of rotatable bonds is 7. The van der Waals surface area contributed by atoms with E-state index in [9.17, 15) is 9.59 Å². The van der Waals surface area contributed by atoms with Gasteiger partial charge in [0.2, 0.25) is 0 Å². The standard InChI is InChI=1S/C24H30N6O3/c1-4-28-9-11-29(12-10-28)21-7-5-20(6-8-21)27-22(31)16-33-24(32)19-13-18-15-26-30(17(2)3)23(18)25-14-19/h5-8,13-15,17H,4,9-12,16H2,1-3H3,(H,27,31). The second-order valence-electron chi connectivity index (χ2n) is 8.41. The molecule has 0 saturated carbocycles. The Hall–Kier alpha value is -3.46. The van der Waals surface area contributed by atoms with E-state index in [1.165, 1.54) is 6.20 Å². The summed E-state index contributed by atoms with van der Waals surface area (Å²) in [5.41, 5.74) is 2.79. The molecule has 1 saturated heterocycles. The van der Waals surface area contributed by atoms with Crippen LogP contribution in [0.15, 0.2) is 42.7 Å². The summed E-state index contributed by atoms with van der Waals surface area (Å²) in [6.45, 7) is 11.0. The van der Waals surface area contributed by atoms with E-state index in [0.29, 0.717) is 11.3 Å². The molecule has 174 valence electrons. The number of nitrogens with zero attached hydrogens (tertiary/aromatic N) is 5. The first-order valence-electron chi connectivity index (χ1n) is 11.3. The number of piperazine rings is 1. The smallest absolute Gasteiger partial charge is 0.340 e. The maximum atomic E-state index is 12.4. The van der Waals surface area contributed by atoms with Crippen molar-refractivity contribution < 1.29 is 14.3 Å². The molecule has 3 heterocycles. The lowest BCUT2D eigenvalue weighted by Crippen LogP contribution is -2.46. The number of carbonyl (C=O) groups is 2. The zero-order chi connectivity index (χ0) is 23.4. The number of amides is 1. The van der Waals surface area contributed by atoms with Gasteiger partial charge < -0.3 is 19.9 Å². The molecule has 3 aromatic rings. The van der Waals surface area contributed by atoms with E-state index in [2.05, 4.69) is 32.1 Å². The number of anilines is 2. The maximum absolute atomic E-state index is 12.4. The number of hydrogen-bond donors (Lipinski definition) is 1. The van der Waals surface area contributed by atoms with Crippen LogP contribution in [0.4, 0.5) is 11.4 Å².